The highest BCUT2D eigenvalue weighted by Crippen LogP contribution is 2.23. The number of benzene rings is 1. The molecule has 0 atom stereocenters. The molecule has 0 aliphatic heterocycles. The minimum Gasteiger partial charge on any atom is -0.492 e. The Balaban J connectivity index is 2.22. The molecule has 1 aromatic carbocycles. The molecule has 0 unspecified atom stereocenters. The fourth-order valence-corrected chi connectivity index (χ4v) is 2.18. The number of hydrogen-bond acceptors (Lipinski definition) is 4. The molecule has 0 aliphatic rings. The molecular formula is C17H19N3O3. The highest BCUT2D eigenvalue weighted by Gasteiger charge is 2.11. The number of rotatable bonds is 7. The molecule has 0 aliphatic carbocycles. The summed E-state index contributed by atoms with van der Waals surface area (Å²) >= 11 is 0. The SMILES string of the molecule is CCC(CC)COc1ccc(-n2cc(C(=O)O)cn2)cc1C#N. The van der Waals surface area contributed by atoms with E-state index in [1.165, 1.54) is 17.1 Å². The van der Waals surface area contributed by atoms with E-state index in [4.69, 9.17) is 9.84 Å². The Hall–Kier alpha value is -2.81. The maximum absolute atomic E-state index is 10.9. The molecule has 0 radical (unpaired) electrons. The second-order valence-electron chi connectivity index (χ2n) is 5.26. The fraction of sp³-hybridized carbons (Fsp3) is 0.353. The van der Waals surface area contributed by atoms with Crippen molar-refractivity contribution in [3.63, 3.8) is 0 Å². The van der Waals surface area contributed by atoms with Crippen LogP contribution in [-0.4, -0.2) is 27.5 Å². The van der Waals surface area contributed by atoms with E-state index in [2.05, 4.69) is 25.0 Å². The van der Waals surface area contributed by atoms with E-state index >= 15 is 0 Å². The third-order valence-electron chi connectivity index (χ3n) is 3.81. The van der Waals surface area contributed by atoms with Crippen molar-refractivity contribution in [1.82, 2.24) is 9.78 Å². The lowest BCUT2D eigenvalue weighted by Gasteiger charge is -2.15. The third kappa shape index (κ3) is 3.89. The Kier molecular flexibility index (Phi) is 5.36. The topological polar surface area (TPSA) is 88.1 Å². The summed E-state index contributed by atoms with van der Waals surface area (Å²) in [5.74, 6) is -0.0406. The zero-order valence-electron chi connectivity index (χ0n) is 13.2. The van der Waals surface area contributed by atoms with Gasteiger partial charge < -0.3 is 9.84 Å². The summed E-state index contributed by atoms with van der Waals surface area (Å²) in [6, 6.07) is 7.22. The summed E-state index contributed by atoms with van der Waals surface area (Å²) in [6.45, 7) is 4.80. The van der Waals surface area contributed by atoms with Crippen LogP contribution in [0.25, 0.3) is 5.69 Å². The molecule has 0 bridgehead atoms. The monoisotopic (exact) mass is 313 g/mol. The van der Waals surface area contributed by atoms with Crippen LogP contribution in [0.5, 0.6) is 5.75 Å². The largest absolute Gasteiger partial charge is 0.492 e. The van der Waals surface area contributed by atoms with Gasteiger partial charge in [0.15, 0.2) is 0 Å². The van der Waals surface area contributed by atoms with Gasteiger partial charge in [-0.15, -0.1) is 0 Å². The summed E-state index contributed by atoms with van der Waals surface area (Å²) in [7, 11) is 0. The summed E-state index contributed by atoms with van der Waals surface area (Å²) in [4.78, 5) is 10.9. The molecule has 0 saturated carbocycles. The summed E-state index contributed by atoms with van der Waals surface area (Å²) in [5, 5.41) is 22.2. The Morgan fingerprint density at radius 1 is 1.43 bits per heavy atom. The van der Waals surface area contributed by atoms with Gasteiger partial charge in [0.1, 0.15) is 11.8 Å². The molecule has 120 valence electrons. The standard InChI is InChI=1S/C17H19N3O3/c1-3-12(4-2)11-23-16-6-5-15(7-13(16)8-18)20-10-14(9-19-20)17(21)22/h5-7,9-10,12H,3-4,11H2,1-2H3,(H,21,22). The zero-order valence-corrected chi connectivity index (χ0v) is 13.2. The van der Waals surface area contributed by atoms with E-state index in [1.807, 2.05) is 0 Å². The van der Waals surface area contributed by atoms with E-state index < -0.39 is 5.97 Å². The summed E-state index contributed by atoms with van der Waals surface area (Å²) in [6.07, 6.45) is 4.74. The van der Waals surface area contributed by atoms with Gasteiger partial charge >= 0.3 is 5.97 Å². The maximum atomic E-state index is 10.9. The van der Waals surface area contributed by atoms with Crippen LogP contribution in [0.4, 0.5) is 0 Å². The van der Waals surface area contributed by atoms with Crippen LogP contribution in [0.2, 0.25) is 0 Å². The minimum absolute atomic E-state index is 0.0950. The molecule has 0 spiro atoms. The molecular weight excluding hydrogens is 294 g/mol. The van der Waals surface area contributed by atoms with Crippen LogP contribution in [0.3, 0.4) is 0 Å². The zero-order chi connectivity index (χ0) is 16.8. The number of carbonyl (C=O) groups is 1. The number of nitrogens with zero attached hydrogens (tertiary/aromatic N) is 3. The van der Waals surface area contributed by atoms with Crippen LogP contribution in [0, 0.1) is 17.2 Å². The summed E-state index contributed by atoms with van der Waals surface area (Å²) in [5.41, 5.74) is 1.11. The Labute approximate surface area is 134 Å². The lowest BCUT2D eigenvalue weighted by Crippen LogP contribution is -2.11. The van der Waals surface area contributed by atoms with Gasteiger partial charge in [-0.05, 0) is 24.1 Å². The van der Waals surface area contributed by atoms with E-state index in [0.717, 1.165) is 12.8 Å². The van der Waals surface area contributed by atoms with Gasteiger partial charge in [0.25, 0.3) is 0 Å². The van der Waals surface area contributed by atoms with Crippen molar-refractivity contribution in [2.75, 3.05) is 6.61 Å². The molecule has 0 fully saturated rings. The lowest BCUT2D eigenvalue weighted by molar-refractivity contribution is 0.0697. The highest BCUT2D eigenvalue weighted by atomic mass is 16.5. The van der Waals surface area contributed by atoms with Crippen molar-refractivity contribution in [1.29, 1.82) is 5.26 Å². The molecule has 2 aromatic rings. The van der Waals surface area contributed by atoms with Gasteiger partial charge in [-0.2, -0.15) is 10.4 Å². The molecule has 6 nitrogen and oxygen atoms in total. The maximum Gasteiger partial charge on any atom is 0.338 e. The Morgan fingerprint density at radius 2 is 2.17 bits per heavy atom. The van der Waals surface area contributed by atoms with E-state index in [1.54, 1.807) is 18.2 Å². The predicted molar refractivity (Wildman–Crippen MR) is 84.8 cm³/mol. The molecule has 0 saturated heterocycles. The molecule has 2 rings (SSSR count). The van der Waals surface area contributed by atoms with Crippen molar-refractivity contribution in [3.05, 3.63) is 41.7 Å². The first kappa shape index (κ1) is 16.6. The molecule has 1 heterocycles. The van der Waals surface area contributed by atoms with Crippen molar-refractivity contribution in [2.45, 2.75) is 26.7 Å². The van der Waals surface area contributed by atoms with E-state index in [-0.39, 0.29) is 5.56 Å². The van der Waals surface area contributed by atoms with Crippen LogP contribution in [0.15, 0.2) is 30.6 Å². The van der Waals surface area contributed by atoms with Crippen LogP contribution in [0.1, 0.15) is 42.6 Å². The van der Waals surface area contributed by atoms with Crippen molar-refractivity contribution in [2.24, 2.45) is 5.92 Å². The first-order chi connectivity index (χ1) is 11.1. The number of aromatic nitrogens is 2. The number of aromatic carboxylic acids is 1. The quantitative estimate of drug-likeness (QED) is 0.847. The van der Waals surface area contributed by atoms with Crippen LogP contribution < -0.4 is 4.74 Å². The lowest BCUT2D eigenvalue weighted by atomic mass is 10.1. The average Bonchev–Trinajstić information content (AvgIpc) is 3.06. The number of carboxylic acid groups (broad SMARTS) is 1. The molecule has 1 aromatic heterocycles. The first-order valence-electron chi connectivity index (χ1n) is 7.54. The summed E-state index contributed by atoms with van der Waals surface area (Å²) < 4.78 is 7.19. The number of nitriles is 1. The van der Waals surface area contributed by atoms with E-state index in [9.17, 15) is 10.1 Å². The smallest absolute Gasteiger partial charge is 0.338 e. The highest BCUT2D eigenvalue weighted by molar-refractivity contribution is 5.87. The van der Waals surface area contributed by atoms with Crippen LogP contribution in [-0.2, 0) is 0 Å². The Morgan fingerprint density at radius 3 is 2.74 bits per heavy atom. The number of hydrogen-bond donors (Lipinski definition) is 1. The predicted octanol–water partition coefficient (Wildman–Crippen LogP) is 3.26. The molecule has 0 amide bonds. The number of carboxylic acids is 1. The third-order valence-corrected chi connectivity index (χ3v) is 3.81. The number of ether oxygens (including phenoxy) is 1. The molecule has 23 heavy (non-hydrogen) atoms. The van der Waals surface area contributed by atoms with Crippen molar-refractivity contribution < 1.29 is 14.6 Å². The normalized spacial score (nSPS) is 10.5. The van der Waals surface area contributed by atoms with Gasteiger partial charge in [-0.3, -0.25) is 0 Å². The van der Waals surface area contributed by atoms with Gasteiger partial charge in [0.05, 0.1) is 29.6 Å². The average molecular weight is 313 g/mol. The minimum atomic E-state index is -1.04. The van der Waals surface area contributed by atoms with Gasteiger partial charge in [-0.25, -0.2) is 9.48 Å². The van der Waals surface area contributed by atoms with Gasteiger partial charge in [0.2, 0.25) is 0 Å². The second-order valence-corrected chi connectivity index (χ2v) is 5.26. The van der Waals surface area contributed by atoms with Crippen molar-refractivity contribution >= 4 is 5.97 Å². The fourth-order valence-electron chi connectivity index (χ4n) is 2.18. The van der Waals surface area contributed by atoms with Crippen LogP contribution >= 0.6 is 0 Å². The van der Waals surface area contributed by atoms with Crippen molar-refractivity contribution in [3.8, 4) is 17.5 Å². The Bertz CT molecular complexity index is 727. The molecule has 6 heteroatoms. The van der Waals surface area contributed by atoms with Gasteiger partial charge in [-0.1, -0.05) is 26.7 Å². The second kappa shape index (κ2) is 7.45. The molecule has 1 N–H and O–H groups in total. The first-order valence-corrected chi connectivity index (χ1v) is 7.54. The van der Waals surface area contributed by atoms with Gasteiger partial charge in [0, 0.05) is 6.20 Å². The van der Waals surface area contributed by atoms with E-state index in [0.29, 0.717) is 29.5 Å².